The Hall–Kier alpha value is -1.40. The number of nitrogens with zero attached hydrogens (tertiary/aromatic N) is 2. The standard InChI is InChI=1S/C15H18BrN3OS/c1-10-9-13(19(18-10)15(2,3)4)17-14(20)8-6-11-5-7-12(16)21-11/h5-9H,1-4H3,(H,17,20)/b8-6+. The van der Waals surface area contributed by atoms with Gasteiger partial charge in [0.25, 0.3) is 0 Å². The Morgan fingerprint density at radius 1 is 1.43 bits per heavy atom. The molecule has 0 saturated carbocycles. The van der Waals surface area contributed by atoms with E-state index in [0.29, 0.717) is 5.82 Å². The first-order valence-corrected chi connectivity index (χ1v) is 8.18. The Labute approximate surface area is 137 Å². The normalized spacial score (nSPS) is 12.0. The summed E-state index contributed by atoms with van der Waals surface area (Å²) in [4.78, 5) is 13.1. The summed E-state index contributed by atoms with van der Waals surface area (Å²) in [5.41, 5.74) is 0.700. The average molecular weight is 368 g/mol. The smallest absolute Gasteiger partial charge is 0.249 e. The van der Waals surface area contributed by atoms with Gasteiger partial charge >= 0.3 is 0 Å². The van der Waals surface area contributed by atoms with Gasteiger partial charge in [-0.25, -0.2) is 4.68 Å². The molecule has 0 spiro atoms. The van der Waals surface area contributed by atoms with Crippen LogP contribution in [-0.4, -0.2) is 15.7 Å². The molecule has 0 bridgehead atoms. The van der Waals surface area contributed by atoms with Gasteiger partial charge in [0, 0.05) is 17.0 Å². The number of halogens is 1. The van der Waals surface area contributed by atoms with Gasteiger partial charge in [-0.3, -0.25) is 4.79 Å². The van der Waals surface area contributed by atoms with Crippen molar-refractivity contribution in [2.75, 3.05) is 5.32 Å². The Morgan fingerprint density at radius 2 is 2.14 bits per heavy atom. The molecule has 21 heavy (non-hydrogen) atoms. The summed E-state index contributed by atoms with van der Waals surface area (Å²) >= 11 is 4.98. The molecule has 1 N–H and O–H groups in total. The molecule has 2 aromatic rings. The number of amides is 1. The lowest BCUT2D eigenvalue weighted by Crippen LogP contribution is -2.26. The maximum absolute atomic E-state index is 12.0. The number of hydrogen-bond acceptors (Lipinski definition) is 3. The van der Waals surface area contributed by atoms with Crippen molar-refractivity contribution in [1.29, 1.82) is 0 Å². The number of aryl methyl sites for hydroxylation is 1. The van der Waals surface area contributed by atoms with Crippen LogP contribution < -0.4 is 5.32 Å². The molecule has 0 radical (unpaired) electrons. The minimum atomic E-state index is -0.181. The predicted octanol–water partition coefficient (Wildman–Crippen LogP) is 4.42. The number of carbonyl (C=O) groups excluding carboxylic acids is 1. The summed E-state index contributed by atoms with van der Waals surface area (Å²) < 4.78 is 2.87. The highest BCUT2D eigenvalue weighted by Gasteiger charge is 2.19. The van der Waals surface area contributed by atoms with Gasteiger partial charge in [-0.15, -0.1) is 11.3 Å². The zero-order valence-electron chi connectivity index (χ0n) is 12.5. The third kappa shape index (κ3) is 4.28. The van der Waals surface area contributed by atoms with E-state index < -0.39 is 0 Å². The quantitative estimate of drug-likeness (QED) is 0.815. The first-order chi connectivity index (χ1) is 9.75. The van der Waals surface area contributed by atoms with Gasteiger partial charge in [0.2, 0.25) is 5.91 Å². The number of anilines is 1. The van der Waals surface area contributed by atoms with E-state index in [1.807, 2.05) is 50.6 Å². The first-order valence-electron chi connectivity index (χ1n) is 6.57. The molecule has 0 aliphatic rings. The molecule has 0 saturated heterocycles. The number of hydrogen-bond donors (Lipinski definition) is 1. The van der Waals surface area contributed by atoms with Gasteiger partial charge in [0.05, 0.1) is 15.0 Å². The van der Waals surface area contributed by atoms with Crippen molar-refractivity contribution >= 4 is 45.1 Å². The van der Waals surface area contributed by atoms with Crippen LogP contribution in [0.15, 0.2) is 28.1 Å². The third-order valence-corrected chi connectivity index (χ3v) is 4.30. The second-order valence-electron chi connectivity index (χ2n) is 5.72. The molecule has 2 aromatic heterocycles. The van der Waals surface area contributed by atoms with Crippen LogP contribution in [0.5, 0.6) is 0 Å². The van der Waals surface area contributed by atoms with Gasteiger partial charge < -0.3 is 5.32 Å². The summed E-state index contributed by atoms with van der Waals surface area (Å²) in [7, 11) is 0. The highest BCUT2D eigenvalue weighted by molar-refractivity contribution is 9.11. The molecule has 4 nitrogen and oxygen atoms in total. The van der Waals surface area contributed by atoms with Gasteiger partial charge in [-0.1, -0.05) is 0 Å². The third-order valence-electron chi connectivity index (χ3n) is 2.71. The summed E-state index contributed by atoms with van der Waals surface area (Å²) in [5.74, 6) is 0.548. The van der Waals surface area contributed by atoms with Crippen LogP contribution in [0.25, 0.3) is 6.08 Å². The minimum absolute atomic E-state index is 0.162. The Bertz CT molecular complexity index is 679. The highest BCUT2D eigenvalue weighted by Crippen LogP contribution is 2.23. The predicted molar refractivity (Wildman–Crippen MR) is 91.6 cm³/mol. The molecule has 6 heteroatoms. The fourth-order valence-electron chi connectivity index (χ4n) is 1.84. The Morgan fingerprint density at radius 3 is 2.71 bits per heavy atom. The molecule has 0 unspecified atom stereocenters. The summed E-state index contributed by atoms with van der Waals surface area (Å²) in [5, 5.41) is 7.31. The number of rotatable bonds is 3. The zero-order chi connectivity index (χ0) is 15.6. The van der Waals surface area contributed by atoms with Crippen molar-refractivity contribution < 1.29 is 4.79 Å². The van der Waals surface area contributed by atoms with Crippen LogP contribution in [0.4, 0.5) is 5.82 Å². The second-order valence-corrected chi connectivity index (χ2v) is 8.21. The fourth-order valence-corrected chi connectivity index (χ4v) is 3.17. The molecular weight excluding hydrogens is 350 g/mol. The van der Waals surface area contributed by atoms with E-state index in [2.05, 4.69) is 26.3 Å². The topological polar surface area (TPSA) is 46.9 Å². The van der Waals surface area contributed by atoms with E-state index in [-0.39, 0.29) is 11.4 Å². The molecule has 1 amide bonds. The maximum atomic E-state index is 12.0. The molecular formula is C15H18BrN3OS. The van der Waals surface area contributed by atoms with E-state index >= 15 is 0 Å². The van der Waals surface area contributed by atoms with Crippen molar-refractivity contribution in [2.45, 2.75) is 33.2 Å². The number of nitrogens with one attached hydrogen (secondary N) is 1. The van der Waals surface area contributed by atoms with E-state index in [4.69, 9.17) is 0 Å². The van der Waals surface area contributed by atoms with E-state index in [0.717, 1.165) is 14.4 Å². The molecule has 112 valence electrons. The zero-order valence-corrected chi connectivity index (χ0v) is 14.9. The van der Waals surface area contributed by atoms with Crippen LogP contribution in [0.2, 0.25) is 0 Å². The van der Waals surface area contributed by atoms with Gasteiger partial charge in [-0.2, -0.15) is 5.10 Å². The van der Waals surface area contributed by atoms with E-state index in [1.54, 1.807) is 17.4 Å². The first kappa shape index (κ1) is 16.0. The molecule has 0 fully saturated rings. The van der Waals surface area contributed by atoms with Gasteiger partial charge in [0.1, 0.15) is 5.82 Å². The Balaban J connectivity index is 2.11. The molecule has 2 rings (SSSR count). The number of aromatic nitrogens is 2. The SMILES string of the molecule is Cc1cc(NC(=O)/C=C/c2ccc(Br)s2)n(C(C)(C)C)n1. The molecule has 0 aliphatic heterocycles. The van der Waals surface area contributed by atoms with Crippen LogP contribution in [0, 0.1) is 6.92 Å². The van der Waals surface area contributed by atoms with Crippen LogP contribution >= 0.6 is 27.3 Å². The monoisotopic (exact) mass is 367 g/mol. The summed E-state index contributed by atoms with van der Waals surface area (Å²) in [6.07, 6.45) is 3.34. The lowest BCUT2D eigenvalue weighted by Gasteiger charge is -2.22. The highest BCUT2D eigenvalue weighted by atomic mass is 79.9. The van der Waals surface area contributed by atoms with Gasteiger partial charge in [-0.05, 0) is 61.8 Å². The summed E-state index contributed by atoms with van der Waals surface area (Å²) in [6, 6.07) is 5.79. The fraction of sp³-hybridized carbons (Fsp3) is 0.333. The largest absolute Gasteiger partial charge is 0.307 e. The molecule has 0 aliphatic carbocycles. The average Bonchev–Trinajstić information content (AvgIpc) is 2.92. The lowest BCUT2D eigenvalue weighted by atomic mass is 10.1. The maximum Gasteiger partial charge on any atom is 0.249 e. The van der Waals surface area contributed by atoms with Crippen LogP contribution in [0.1, 0.15) is 31.3 Å². The molecule has 0 atom stereocenters. The lowest BCUT2D eigenvalue weighted by molar-refractivity contribution is -0.111. The van der Waals surface area contributed by atoms with Crippen molar-refractivity contribution in [3.05, 3.63) is 38.6 Å². The molecule has 2 heterocycles. The minimum Gasteiger partial charge on any atom is -0.307 e. The second kappa shape index (κ2) is 6.15. The van der Waals surface area contributed by atoms with Crippen molar-refractivity contribution in [3.63, 3.8) is 0 Å². The summed E-state index contributed by atoms with van der Waals surface area (Å²) in [6.45, 7) is 8.06. The van der Waals surface area contributed by atoms with Crippen LogP contribution in [0.3, 0.4) is 0 Å². The van der Waals surface area contributed by atoms with E-state index in [1.165, 1.54) is 6.08 Å². The number of thiophene rings is 1. The van der Waals surface area contributed by atoms with Crippen molar-refractivity contribution in [3.8, 4) is 0 Å². The van der Waals surface area contributed by atoms with Crippen LogP contribution in [-0.2, 0) is 10.3 Å². The number of carbonyl (C=O) groups is 1. The van der Waals surface area contributed by atoms with Crippen molar-refractivity contribution in [1.82, 2.24) is 9.78 Å². The van der Waals surface area contributed by atoms with Gasteiger partial charge in [0.15, 0.2) is 0 Å². The molecule has 0 aromatic carbocycles. The Kier molecular flexibility index (Phi) is 4.68. The van der Waals surface area contributed by atoms with Crippen molar-refractivity contribution in [2.24, 2.45) is 0 Å². The van der Waals surface area contributed by atoms with E-state index in [9.17, 15) is 4.79 Å².